The van der Waals surface area contributed by atoms with Crippen molar-refractivity contribution in [2.45, 2.75) is 77.9 Å². The minimum atomic E-state index is -4.55. The van der Waals surface area contributed by atoms with Crippen LogP contribution in [0.1, 0.15) is 59.6 Å². The van der Waals surface area contributed by atoms with Gasteiger partial charge in [0.15, 0.2) is 6.23 Å². The fraction of sp³-hybridized carbons (Fsp3) is 0.727. The molecule has 1 aromatic heterocycles. The molecule has 1 fully saturated rings. The highest BCUT2D eigenvalue weighted by Crippen LogP contribution is 2.46. The van der Waals surface area contributed by atoms with Gasteiger partial charge in [0.25, 0.3) is 5.56 Å². The summed E-state index contributed by atoms with van der Waals surface area (Å²) >= 11 is 0. The zero-order valence-electron chi connectivity index (χ0n) is 20.9. The van der Waals surface area contributed by atoms with Crippen LogP contribution in [0.3, 0.4) is 0 Å². The highest BCUT2D eigenvalue weighted by molar-refractivity contribution is 7.50. The first-order valence-electron chi connectivity index (χ1n) is 11.9. The lowest BCUT2D eigenvalue weighted by Gasteiger charge is -2.25. The van der Waals surface area contributed by atoms with E-state index in [1.807, 2.05) is 24.9 Å². The summed E-state index contributed by atoms with van der Waals surface area (Å²) in [5.74, 6) is -0.497. The SMILES string of the molecule is CCCC(CCC)COC(=O)C(C)NP(=O)(O)OCC1OC(n2ccc(=O)[nH]c2=O)C(C)(C#N)C1O. The molecular formula is C22H35N4O9P. The summed E-state index contributed by atoms with van der Waals surface area (Å²) in [6.45, 7) is 6.36. The number of hydrogen-bond acceptors (Lipinski definition) is 9. The molecule has 0 amide bonds. The topological polar surface area (TPSA) is 193 Å². The summed E-state index contributed by atoms with van der Waals surface area (Å²) in [7, 11) is -4.55. The lowest BCUT2D eigenvalue weighted by atomic mass is 9.84. The van der Waals surface area contributed by atoms with Gasteiger partial charge in [-0.1, -0.05) is 26.7 Å². The van der Waals surface area contributed by atoms with Crippen molar-refractivity contribution in [1.82, 2.24) is 14.6 Å². The number of aromatic nitrogens is 2. The van der Waals surface area contributed by atoms with E-state index < -0.39 is 61.5 Å². The molecule has 6 atom stereocenters. The van der Waals surface area contributed by atoms with E-state index in [0.717, 1.165) is 42.5 Å². The van der Waals surface area contributed by atoms with Crippen molar-refractivity contribution in [3.63, 3.8) is 0 Å². The second-order valence-electron chi connectivity index (χ2n) is 9.12. The molecule has 2 heterocycles. The van der Waals surface area contributed by atoms with Gasteiger partial charge in [0.05, 0.1) is 19.3 Å². The van der Waals surface area contributed by atoms with Gasteiger partial charge in [0.2, 0.25) is 0 Å². The molecule has 2 rings (SSSR count). The van der Waals surface area contributed by atoms with E-state index in [0.29, 0.717) is 0 Å². The Morgan fingerprint density at radius 2 is 2.03 bits per heavy atom. The number of rotatable bonds is 13. The molecule has 0 radical (unpaired) electrons. The maximum atomic E-state index is 12.5. The summed E-state index contributed by atoms with van der Waals surface area (Å²) < 4.78 is 29.4. The van der Waals surface area contributed by atoms with E-state index in [-0.39, 0.29) is 12.5 Å². The maximum absolute atomic E-state index is 12.5. The van der Waals surface area contributed by atoms with Gasteiger partial charge >= 0.3 is 19.4 Å². The van der Waals surface area contributed by atoms with Gasteiger partial charge in [-0.25, -0.2) is 14.4 Å². The lowest BCUT2D eigenvalue weighted by molar-refractivity contribution is -0.146. The molecular weight excluding hydrogens is 495 g/mol. The lowest BCUT2D eigenvalue weighted by Crippen LogP contribution is -2.41. The molecule has 6 unspecified atom stereocenters. The molecule has 202 valence electrons. The molecule has 4 N–H and O–H groups in total. The fourth-order valence-electron chi connectivity index (χ4n) is 4.09. The van der Waals surface area contributed by atoms with Crippen molar-refractivity contribution in [2.75, 3.05) is 13.2 Å². The number of nitrogens with zero attached hydrogens (tertiary/aromatic N) is 2. The molecule has 1 aliphatic heterocycles. The number of aliphatic hydroxyl groups excluding tert-OH is 1. The molecule has 0 spiro atoms. The van der Waals surface area contributed by atoms with E-state index in [4.69, 9.17) is 14.0 Å². The Hall–Kier alpha value is -2.33. The third-order valence-electron chi connectivity index (χ3n) is 6.11. The molecule has 0 saturated carbocycles. The molecule has 1 aromatic rings. The highest BCUT2D eigenvalue weighted by Gasteiger charge is 2.55. The number of H-pyrrole nitrogens is 1. The highest BCUT2D eigenvalue weighted by atomic mass is 31.2. The molecule has 0 aliphatic carbocycles. The number of carbonyl (C=O) groups excluding carboxylic acids is 1. The van der Waals surface area contributed by atoms with Crippen LogP contribution in [0.2, 0.25) is 0 Å². The summed E-state index contributed by atoms with van der Waals surface area (Å²) in [5.41, 5.74) is -3.16. The Morgan fingerprint density at radius 3 is 2.58 bits per heavy atom. The molecule has 14 heteroatoms. The number of carbonyl (C=O) groups is 1. The number of ether oxygens (including phenoxy) is 2. The third kappa shape index (κ3) is 7.35. The van der Waals surface area contributed by atoms with Crippen molar-refractivity contribution >= 4 is 13.7 Å². The Balaban J connectivity index is 2.00. The average molecular weight is 531 g/mol. The molecule has 36 heavy (non-hydrogen) atoms. The van der Waals surface area contributed by atoms with Crippen LogP contribution in [-0.4, -0.2) is 57.0 Å². The maximum Gasteiger partial charge on any atom is 0.403 e. The predicted octanol–water partition coefficient (Wildman–Crippen LogP) is 1.18. The van der Waals surface area contributed by atoms with E-state index >= 15 is 0 Å². The monoisotopic (exact) mass is 530 g/mol. The Kier molecular flexibility index (Phi) is 10.6. The van der Waals surface area contributed by atoms with Crippen molar-refractivity contribution in [3.05, 3.63) is 33.1 Å². The van der Waals surface area contributed by atoms with Gasteiger partial charge in [-0.05, 0) is 32.6 Å². The number of nitriles is 1. The normalized spacial score (nSPS) is 26.3. The van der Waals surface area contributed by atoms with Crippen LogP contribution in [0, 0.1) is 22.7 Å². The van der Waals surface area contributed by atoms with Gasteiger partial charge in [-0.15, -0.1) is 0 Å². The second-order valence-corrected chi connectivity index (χ2v) is 10.7. The number of aliphatic hydroxyl groups is 1. The Morgan fingerprint density at radius 1 is 1.39 bits per heavy atom. The minimum absolute atomic E-state index is 0.212. The summed E-state index contributed by atoms with van der Waals surface area (Å²) in [5, 5.41) is 22.5. The molecule has 13 nitrogen and oxygen atoms in total. The van der Waals surface area contributed by atoms with E-state index in [1.165, 1.54) is 13.8 Å². The van der Waals surface area contributed by atoms with E-state index in [2.05, 4.69) is 5.09 Å². The van der Waals surface area contributed by atoms with Crippen LogP contribution in [0.5, 0.6) is 0 Å². The van der Waals surface area contributed by atoms with Crippen LogP contribution in [0.15, 0.2) is 21.9 Å². The first kappa shape index (κ1) is 29.9. The van der Waals surface area contributed by atoms with Gasteiger partial charge in [0, 0.05) is 12.3 Å². The van der Waals surface area contributed by atoms with Crippen LogP contribution < -0.4 is 16.3 Å². The van der Waals surface area contributed by atoms with Crippen molar-refractivity contribution < 1.29 is 33.4 Å². The van der Waals surface area contributed by atoms with E-state index in [9.17, 15) is 34.2 Å². The summed E-state index contributed by atoms with van der Waals surface area (Å²) in [6.07, 6.45) is 0.740. The quantitative estimate of drug-likeness (QED) is 0.211. The van der Waals surface area contributed by atoms with Crippen LogP contribution in [0.25, 0.3) is 0 Å². The molecule has 0 aromatic carbocycles. The van der Waals surface area contributed by atoms with Crippen LogP contribution in [0.4, 0.5) is 0 Å². The average Bonchev–Trinajstić information content (AvgIpc) is 3.06. The predicted molar refractivity (Wildman–Crippen MR) is 128 cm³/mol. The van der Waals surface area contributed by atoms with Gasteiger partial charge in [0.1, 0.15) is 23.7 Å². The number of nitrogens with one attached hydrogen (secondary N) is 2. The van der Waals surface area contributed by atoms with Gasteiger partial charge < -0.3 is 19.5 Å². The molecule has 0 bridgehead atoms. The number of esters is 1. The summed E-state index contributed by atoms with van der Waals surface area (Å²) in [6, 6.07) is 1.80. The number of aromatic amines is 1. The molecule has 1 saturated heterocycles. The largest absolute Gasteiger partial charge is 0.464 e. The minimum Gasteiger partial charge on any atom is -0.464 e. The van der Waals surface area contributed by atoms with Crippen LogP contribution >= 0.6 is 7.75 Å². The first-order valence-corrected chi connectivity index (χ1v) is 13.4. The third-order valence-corrected chi connectivity index (χ3v) is 7.32. The van der Waals surface area contributed by atoms with Crippen molar-refractivity contribution in [3.8, 4) is 6.07 Å². The van der Waals surface area contributed by atoms with Crippen molar-refractivity contribution in [1.29, 1.82) is 5.26 Å². The zero-order valence-corrected chi connectivity index (χ0v) is 21.8. The van der Waals surface area contributed by atoms with Gasteiger partial charge in [-0.3, -0.25) is 23.7 Å². The second kappa shape index (κ2) is 12.8. The smallest absolute Gasteiger partial charge is 0.403 e. The standard InChI is InChI=1S/C22H35N4O9P/c1-5-7-15(8-6-2)11-33-19(29)14(3)25-36(31,32)34-12-16-18(28)22(4,13-23)20(35-16)26-10-9-17(27)24-21(26)30/h9-10,14-16,18,20,28H,5-8,11-12H2,1-4H3,(H,24,27,30)(H2,25,31,32). The van der Waals surface area contributed by atoms with Gasteiger partial charge in [-0.2, -0.15) is 5.26 Å². The first-order chi connectivity index (χ1) is 16.9. The Labute approximate surface area is 209 Å². The number of hydrogen-bond donors (Lipinski definition) is 4. The van der Waals surface area contributed by atoms with E-state index in [1.54, 1.807) is 0 Å². The molecule has 1 aliphatic rings. The van der Waals surface area contributed by atoms with Crippen LogP contribution in [-0.2, 0) is 23.4 Å². The Bertz CT molecular complexity index is 1090. The fourth-order valence-corrected chi connectivity index (χ4v) is 5.11. The zero-order chi connectivity index (χ0) is 27.1. The van der Waals surface area contributed by atoms with Crippen molar-refractivity contribution in [2.24, 2.45) is 11.3 Å². The summed E-state index contributed by atoms with van der Waals surface area (Å²) in [4.78, 5) is 48.1.